The summed E-state index contributed by atoms with van der Waals surface area (Å²) in [7, 11) is 0. The van der Waals surface area contributed by atoms with Crippen LogP contribution in [0.15, 0.2) is 6.33 Å². The van der Waals surface area contributed by atoms with E-state index in [1.807, 2.05) is 13.8 Å². The maximum atomic E-state index is 12.6. The van der Waals surface area contributed by atoms with Gasteiger partial charge in [-0.1, -0.05) is 13.8 Å². The maximum absolute atomic E-state index is 12.6. The summed E-state index contributed by atoms with van der Waals surface area (Å²) in [6, 6.07) is 0. The van der Waals surface area contributed by atoms with Crippen molar-refractivity contribution in [3.63, 3.8) is 0 Å². The molecule has 62 valence electrons. The van der Waals surface area contributed by atoms with E-state index in [0.717, 1.165) is 0 Å². The number of nitrogens with zero attached hydrogens (tertiary/aromatic N) is 3. The SMILES string of the molecule is CC(C)c1ncn(C(C)F)n1. The van der Waals surface area contributed by atoms with Gasteiger partial charge in [-0.25, -0.2) is 14.1 Å². The first-order chi connectivity index (χ1) is 5.11. The van der Waals surface area contributed by atoms with E-state index in [-0.39, 0.29) is 5.92 Å². The predicted molar refractivity (Wildman–Crippen MR) is 39.9 cm³/mol. The van der Waals surface area contributed by atoms with E-state index in [0.29, 0.717) is 5.82 Å². The average Bonchev–Trinajstić information content (AvgIpc) is 2.33. The highest BCUT2D eigenvalue weighted by atomic mass is 19.1. The van der Waals surface area contributed by atoms with Gasteiger partial charge in [0.2, 0.25) is 0 Å². The number of rotatable bonds is 2. The standard InChI is InChI=1S/C7H12FN3/c1-5(2)7-9-4-11(10-7)6(3)8/h4-6H,1-3H3. The molecule has 0 saturated heterocycles. The Hall–Kier alpha value is -0.930. The Balaban J connectivity index is 2.82. The molecule has 1 unspecified atom stereocenters. The van der Waals surface area contributed by atoms with E-state index < -0.39 is 6.30 Å². The molecule has 0 amide bonds. The lowest BCUT2D eigenvalue weighted by Gasteiger charge is -1.99. The largest absolute Gasteiger partial charge is 0.222 e. The molecule has 3 nitrogen and oxygen atoms in total. The fourth-order valence-electron chi connectivity index (χ4n) is 0.724. The molecule has 4 heteroatoms. The molecule has 1 aromatic rings. The molecule has 0 aliphatic rings. The molecule has 0 radical (unpaired) electrons. The summed E-state index contributed by atoms with van der Waals surface area (Å²) in [4.78, 5) is 3.95. The van der Waals surface area contributed by atoms with E-state index in [4.69, 9.17) is 0 Å². The average molecular weight is 157 g/mol. The Morgan fingerprint density at radius 1 is 1.45 bits per heavy atom. The monoisotopic (exact) mass is 157 g/mol. The molecule has 0 spiro atoms. The third kappa shape index (κ3) is 1.76. The highest BCUT2D eigenvalue weighted by Gasteiger charge is 2.07. The smallest absolute Gasteiger partial charge is 0.190 e. The van der Waals surface area contributed by atoms with Crippen molar-refractivity contribution in [2.75, 3.05) is 0 Å². The Labute approximate surface area is 65.2 Å². The maximum Gasteiger partial charge on any atom is 0.190 e. The molecule has 1 aromatic heterocycles. The van der Waals surface area contributed by atoms with Gasteiger partial charge in [0.25, 0.3) is 0 Å². The van der Waals surface area contributed by atoms with Crippen molar-refractivity contribution < 1.29 is 4.39 Å². The van der Waals surface area contributed by atoms with Crippen molar-refractivity contribution in [3.8, 4) is 0 Å². The molecule has 1 heterocycles. The van der Waals surface area contributed by atoms with Gasteiger partial charge >= 0.3 is 0 Å². The summed E-state index contributed by atoms with van der Waals surface area (Å²) in [6.07, 6.45) is 0.329. The Morgan fingerprint density at radius 2 is 2.09 bits per heavy atom. The zero-order chi connectivity index (χ0) is 8.43. The molecular weight excluding hydrogens is 145 g/mol. The van der Waals surface area contributed by atoms with Crippen LogP contribution in [0.2, 0.25) is 0 Å². The van der Waals surface area contributed by atoms with Crippen molar-refractivity contribution in [1.29, 1.82) is 0 Å². The lowest BCUT2D eigenvalue weighted by molar-refractivity contribution is 0.243. The van der Waals surface area contributed by atoms with Crippen LogP contribution < -0.4 is 0 Å². The van der Waals surface area contributed by atoms with E-state index >= 15 is 0 Å². The Bertz CT molecular complexity index is 207. The number of aromatic nitrogens is 3. The van der Waals surface area contributed by atoms with Gasteiger partial charge < -0.3 is 0 Å². The van der Waals surface area contributed by atoms with Gasteiger partial charge in [0.1, 0.15) is 6.33 Å². The molecule has 0 bridgehead atoms. The van der Waals surface area contributed by atoms with Crippen LogP contribution in [-0.4, -0.2) is 14.8 Å². The van der Waals surface area contributed by atoms with Gasteiger partial charge in [0.15, 0.2) is 12.1 Å². The van der Waals surface area contributed by atoms with E-state index in [1.54, 1.807) is 0 Å². The number of halogens is 1. The summed E-state index contributed by atoms with van der Waals surface area (Å²) in [5, 5.41) is 3.94. The molecule has 11 heavy (non-hydrogen) atoms. The van der Waals surface area contributed by atoms with Crippen LogP contribution in [0.25, 0.3) is 0 Å². The molecule has 0 N–H and O–H groups in total. The third-order valence-corrected chi connectivity index (χ3v) is 1.41. The number of alkyl halides is 1. The van der Waals surface area contributed by atoms with Gasteiger partial charge in [-0.2, -0.15) is 5.10 Å². The molecule has 0 aliphatic carbocycles. The second-order valence-corrected chi connectivity index (χ2v) is 2.81. The molecule has 1 atom stereocenters. The van der Waals surface area contributed by atoms with Crippen LogP contribution in [0.3, 0.4) is 0 Å². The fourth-order valence-corrected chi connectivity index (χ4v) is 0.724. The van der Waals surface area contributed by atoms with Crippen molar-refractivity contribution in [2.24, 2.45) is 0 Å². The minimum absolute atomic E-state index is 0.259. The van der Waals surface area contributed by atoms with Crippen molar-refractivity contribution in [3.05, 3.63) is 12.2 Å². The predicted octanol–water partition coefficient (Wildman–Crippen LogP) is 1.89. The van der Waals surface area contributed by atoms with E-state index in [9.17, 15) is 4.39 Å². The normalized spacial score (nSPS) is 13.9. The fraction of sp³-hybridized carbons (Fsp3) is 0.714. The minimum Gasteiger partial charge on any atom is -0.222 e. The first-order valence-electron chi connectivity index (χ1n) is 3.66. The van der Waals surface area contributed by atoms with Crippen molar-refractivity contribution in [1.82, 2.24) is 14.8 Å². The Morgan fingerprint density at radius 3 is 2.36 bits per heavy atom. The Kier molecular flexibility index (Phi) is 2.22. The molecule has 1 rings (SSSR count). The first-order valence-corrected chi connectivity index (χ1v) is 3.66. The topological polar surface area (TPSA) is 30.7 Å². The highest BCUT2D eigenvalue weighted by molar-refractivity contribution is 4.88. The second-order valence-electron chi connectivity index (χ2n) is 2.81. The van der Waals surface area contributed by atoms with Gasteiger partial charge in [-0.15, -0.1) is 0 Å². The van der Waals surface area contributed by atoms with Crippen LogP contribution >= 0.6 is 0 Å². The zero-order valence-electron chi connectivity index (χ0n) is 6.95. The van der Waals surface area contributed by atoms with Crippen LogP contribution in [0.1, 0.15) is 38.8 Å². The van der Waals surface area contributed by atoms with Crippen LogP contribution in [0, 0.1) is 0 Å². The van der Waals surface area contributed by atoms with Crippen molar-refractivity contribution >= 4 is 0 Å². The first kappa shape index (κ1) is 8.17. The summed E-state index contributed by atoms with van der Waals surface area (Å²) >= 11 is 0. The molecule has 0 aliphatic heterocycles. The van der Waals surface area contributed by atoms with Gasteiger partial charge in [0, 0.05) is 5.92 Å². The molecule has 0 aromatic carbocycles. The molecular formula is C7H12FN3. The number of hydrogen-bond acceptors (Lipinski definition) is 2. The quantitative estimate of drug-likeness (QED) is 0.656. The van der Waals surface area contributed by atoms with E-state index in [1.165, 1.54) is 17.9 Å². The highest BCUT2D eigenvalue weighted by Crippen LogP contribution is 2.10. The third-order valence-electron chi connectivity index (χ3n) is 1.41. The van der Waals surface area contributed by atoms with Crippen LogP contribution in [0.4, 0.5) is 4.39 Å². The van der Waals surface area contributed by atoms with Gasteiger partial charge in [-0.05, 0) is 6.92 Å². The van der Waals surface area contributed by atoms with Crippen molar-refractivity contribution in [2.45, 2.75) is 33.0 Å². The summed E-state index contributed by atoms with van der Waals surface area (Å²) < 4.78 is 13.8. The van der Waals surface area contributed by atoms with Gasteiger partial charge in [0.05, 0.1) is 0 Å². The molecule has 0 fully saturated rings. The van der Waals surface area contributed by atoms with Gasteiger partial charge in [-0.3, -0.25) is 0 Å². The number of hydrogen-bond donors (Lipinski definition) is 0. The van der Waals surface area contributed by atoms with Crippen LogP contribution in [-0.2, 0) is 0 Å². The lowest BCUT2D eigenvalue weighted by Crippen LogP contribution is -2.00. The lowest BCUT2D eigenvalue weighted by atomic mass is 10.2. The minimum atomic E-state index is -1.09. The van der Waals surface area contributed by atoms with Crippen LogP contribution in [0.5, 0.6) is 0 Å². The molecule has 0 saturated carbocycles. The summed E-state index contributed by atoms with van der Waals surface area (Å²) in [5.41, 5.74) is 0. The zero-order valence-corrected chi connectivity index (χ0v) is 6.95. The van der Waals surface area contributed by atoms with E-state index in [2.05, 4.69) is 10.1 Å². The summed E-state index contributed by atoms with van der Waals surface area (Å²) in [5.74, 6) is 0.949. The summed E-state index contributed by atoms with van der Waals surface area (Å²) in [6.45, 7) is 5.38. The second kappa shape index (κ2) is 2.98.